The normalized spacial score (nSPS) is 12.6. The van der Waals surface area contributed by atoms with Gasteiger partial charge < -0.3 is 4.43 Å². The maximum atomic E-state index is 6.22. The Morgan fingerprint density at radius 1 is 1.23 bits per heavy atom. The van der Waals surface area contributed by atoms with Gasteiger partial charge in [0.2, 0.25) is 0 Å². The van der Waals surface area contributed by atoms with E-state index in [0.29, 0.717) is 6.61 Å². The predicted molar refractivity (Wildman–Crippen MR) is 97.5 cm³/mol. The molecule has 5 heteroatoms. The summed E-state index contributed by atoms with van der Waals surface area (Å²) in [6.07, 6.45) is 2.02. The smallest absolute Gasteiger partial charge is 0.192 e. The van der Waals surface area contributed by atoms with Crippen molar-refractivity contribution in [1.29, 1.82) is 0 Å². The molecular weight excluding hydrogens is 356 g/mol. The summed E-state index contributed by atoms with van der Waals surface area (Å²) in [5.74, 6) is 0. The van der Waals surface area contributed by atoms with Crippen LogP contribution in [0.4, 0.5) is 0 Å². The molecule has 2 rings (SSSR count). The zero-order valence-corrected chi connectivity index (χ0v) is 16.6. The third kappa shape index (κ3) is 4.54. The van der Waals surface area contributed by atoms with Crippen molar-refractivity contribution in [3.05, 3.63) is 52.3 Å². The zero-order valence-electron chi connectivity index (χ0n) is 14.1. The molecule has 0 bridgehead atoms. The molecule has 0 spiro atoms. The Bertz CT molecular complexity index is 632. The van der Waals surface area contributed by atoms with E-state index in [0.717, 1.165) is 16.7 Å². The molecule has 1 aromatic heterocycles. The van der Waals surface area contributed by atoms with Crippen LogP contribution in [0, 0.1) is 0 Å². The topological polar surface area (TPSA) is 27.1 Å². The summed E-state index contributed by atoms with van der Waals surface area (Å²) in [5.41, 5.74) is 2.23. The van der Waals surface area contributed by atoms with E-state index in [1.165, 1.54) is 5.56 Å². The van der Waals surface area contributed by atoms with Crippen LogP contribution in [0.3, 0.4) is 0 Å². The second-order valence-electron chi connectivity index (χ2n) is 7.18. The Balaban J connectivity index is 1.97. The fraction of sp³-hybridized carbons (Fsp3) is 0.471. The summed E-state index contributed by atoms with van der Waals surface area (Å²) < 4.78 is 9.28. The van der Waals surface area contributed by atoms with Gasteiger partial charge in [-0.2, -0.15) is 5.10 Å². The van der Waals surface area contributed by atoms with Gasteiger partial charge in [-0.05, 0) is 41.9 Å². The lowest BCUT2D eigenvalue weighted by Gasteiger charge is -2.35. The van der Waals surface area contributed by atoms with Crippen LogP contribution < -0.4 is 0 Å². The fourth-order valence-electron chi connectivity index (χ4n) is 1.86. The minimum absolute atomic E-state index is 0.228. The molecule has 2 aromatic rings. The van der Waals surface area contributed by atoms with Gasteiger partial charge in [-0.15, -0.1) is 0 Å². The molecule has 0 aliphatic carbocycles. The predicted octanol–water partition coefficient (Wildman–Crippen LogP) is 5.22. The van der Waals surface area contributed by atoms with Crippen LogP contribution in [0.2, 0.25) is 18.1 Å². The molecule has 0 radical (unpaired) electrons. The molecule has 0 aliphatic rings. The van der Waals surface area contributed by atoms with Gasteiger partial charge in [-0.1, -0.05) is 48.8 Å². The van der Waals surface area contributed by atoms with Crippen molar-refractivity contribution < 1.29 is 4.43 Å². The SMILES string of the molecule is CC(C)(C)[Si](C)(C)OCc1ccn(Cc2cccc(Br)c2)n1. The summed E-state index contributed by atoms with van der Waals surface area (Å²) in [4.78, 5) is 0. The Kier molecular flexibility index (Phi) is 5.30. The molecule has 0 fully saturated rings. The lowest BCUT2D eigenvalue weighted by Crippen LogP contribution is -2.40. The van der Waals surface area contributed by atoms with E-state index in [1.807, 2.05) is 29.1 Å². The standard InChI is InChI=1S/C17H25BrN2OSi/c1-17(2,3)22(4,5)21-13-16-9-10-20(19-16)12-14-7-6-8-15(18)11-14/h6-11H,12-13H2,1-5H3. The molecule has 0 aliphatic heterocycles. The Hall–Kier alpha value is -0.913. The highest BCUT2D eigenvalue weighted by Gasteiger charge is 2.37. The van der Waals surface area contributed by atoms with Crippen LogP contribution in [-0.4, -0.2) is 18.1 Å². The van der Waals surface area contributed by atoms with Crippen molar-refractivity contribution in [2.45, 2.75) is 52.1 Å². The number of hydrogen-bond acceptors (Lipinski definition) is 2. The van der Waals surface area contributed by atoms with Crippen LogP contribution >= 0.6 is 15.9 Å². The molecule has 1 aromatic carbocycles. The van der Waals surface area contributed by atoms with Crippen molar-refractivity contribution >= 4 is 24.2 Å². The first kappa shape index (κ1) is 17.4. The lowest BCUT2D eigenvalue weighted by atomic mass is 10.2. The molecule has 0 amide bonds. The van der Waals surface area contributed by atoms with Crippen molar-refractivity contribution in [3.8, 4) is 0 Å². The van der Waals surface area contributed by atoms with Gasteiger partial charge in [0.1, 0.15) is 0 Å². The van der Waals surface area contributed by atoms with Crippen molar-refractivity contribution in [2.24, 2.45) is 0 Å². The summed E-state index contributed by atoms with van der Waals surface area (Å²) in [6, 6.07) is 10.4. The van der Waals surface area contributed by atoms with E-state index >= 15 is 0 Å². The number of halogens is 1. The molecule has 0 unspecified atom stereocenters. The van der Waals surface area contributed by atoms with Gasteiger partial charge in [0.15, 0.2) is 8.32 Å². The number of benzene rings is 1. The summed E-state index contributed by atoms with van der Waals surface area (Å²) in [5, 5.41) is 4.85. The first-order valence-corrected chi connectivity index (χ1v) is 11.3. The van der Waals surface area contributed by atoms with Gasteiger partial charge in [0.05, 0.1) is 18.8 Å². The maximum Gasteiger partial charge on any atom is 0.192 e. The average Bonchev–Trinajstić information content (AvgIpc) is 2.83. The van der Waals surface area contributed by atoms with E-state index in [1.54, 1.807) is 0 Å². The van der Waals surface area contributed by atoms with Crippen LogP contribution in [0.25, 0.3) is 0 Å². The van der Waals surface area contributed by atoms with Crippen molar-refractivity contribution in [1.82, 2.24) is 9.78 Å². The van der Waals surface area contributed by atoms with Crippen molar-refractivity contribution in [2.75, 3.05) is 0 Å². The molecule has 1 heterocycles. The van der Waals surface area contributed by atoms with Crippen LogP contribution in [0.5, 0.6) is 0 Å². The van der Waals surface area contributed by atoms with E-state index in [2.05, 4.69) is 67.0 Å². The van der Waals surface area contributed by atoms with E-state index in [-0.39, 0.29) is 5.04 Å². The average molecular weight is 381 g/mol. The minimum Gasteiger partial charge on any atom is -0.411 e. The van der Waals surface area contributed by atoms with Crippen LogP contribution in [-0.2, 0) is 17.6 Å². The molecule has 22 heavy (non-hydrogen) atoms. The van der Waals surface area contributed by atoms with Gasteiger partial charge >= 0.3 is 0 Å². The highest BCUT2D eigenvalue weighted by molar-refractivity contribution is 9.10. The molecule has 0 saturated heterocycles. The molecule has 3 nitrogen and oxygen atoms in total. The summed E-state index contributed by atoms with van der Waals surface area (Å²) in [7, 11) is -1.72. The zero-order chi connectivity index (χ0) is 16.4. The third-order valence-electron chi connectivity index (χ3n) is 4.32. The Labute approximate surface area is 143 Å². The Morgan fingerprint density at radius 3 is 2.59 bits per heavy atom. The lowest BCUT2D eigenvalue weighted by molar-refractivity contribution is 0.271. The molecular formula is C17H25BrN2OSi. The summed E-state index contributed by atoms with van der Waals surface area (Å²) in [6.45, 7) is 12.7. The van der Waals surface area contributed by atoms with Crippen LogP contribution in [0.1, 0.15) is 32.0 Å². The van der Waals surface area contributed by atoms with Gasteiger partial charge in [-0.25, -0.2) is 0 Å². The minimum atomic E-state index is -1.72. The first-order valence-electron chi connectivity index (χ1n) is 7.58. The van der Waals surface area contributed by atoms with Crippen molar-refractivity contribution in [3.63, 3.8) is 0 Å². The van der Waals surface area contributed by atoms with E-state index < -0.39 is 8.32 Å². The summed E-state index contributed by atoms with van der Waals surface area (Å²) >= 11 is 3.50. The van der Waals surface area contributed by atoms with E-state index in [4.69, 9.17) is 4.43 Å². The second-order valence-corrected chi connectivity index (χ2v) is 12.9. The molecule has 0 N–H and O–H groups in total. The van der Waals surface area contributed by atoms with Crippen LogP contribution in [0.15, 0.2) is 41.0 Å². The molecule has 0 atom stereocenters. The van der Waals surface area contributed by atoms with Gasteiger partial charge in [0, 0.05) is 10.7 Å². The highest BCUT2D eigenvalue weighted by atomic mass is 79.9. The van der Waals surface area contributed by atoms with Gasteiger partial charge in [-0.3, -0.25) is 4.68 Å². The first-order chi connectivity index (χ1) is 10.2. The highest BCUT2D eigenvalue weighted by Crippen LogP contribution is 2.36. The maximum absolute atomic E-state index is 6.22. The van der Waals surface area contributed by atoms with Gasteiger partial charge in [0.25, 0.3) is 0 Å². The quantitative estimate of drug-likeness (QED) is 0.665. The molecule has 0 saturated carbocycles. The second kappa shape index (κ2) is 6.68. The fourth-order valence-corrected chi connectivity index (χ4v) is 3.25. The number of nitrogens with zero attached hydrogens (tertiary/aromatic N) is 2. The third-order valence-corrected chi connectivity index (χ3v) is 9.29. The number of rotatable bonds is 5. The Morgan fingerprint density at radius 2 is 1.95 bits per heavy atom. The monoisotopic (exact) mass is 380 g/mol. The number of aromatic nitrogens is 2. The largest absolute Gasteiger partial charge is 0.411 e. The van der Waals surface area contributed by atoms with E-state index in [9.17, 15) is 0 Å². The number of hydrogen-bond donors (Lipinski definition) is 0. The molecule has 120 valence electrons.